The predicted molar refractivity (Wildman–Crippen MR) is 152 cm³/mol. The summed E-state index contributed by atoms with van der Waals surface area (Å²) in [7, 11) is 1.57. The number of hydrogen-bond donors (Lipinski definition) is 2. The number of amides is 2. The highest BCUT2D eigenvalue weighted by atomic mass is 32.2. The maximum atomic E-state index is 13.4. The molecule has 0 aliphatic rings. The van der Waals surface area contributed by atoms with E-state index in [0.29, 0.717) is 46.0 Å². The van der Waals surface area contributed by atoms with Crippen LogP contribution in [0.4, 0.5) is 5.69 Å². The maximum absolute atomic E-state index is 13.4. The van der Waals surface area contributed by atoms with Crippen LogP contribution in [-0.4, -0.2) is 53.2 Å². The molecule has 1 heterocycles. The van der Waals surface area contributed by atoms with E-state index in [1.165, 1.54) is 11.5 Å². The number of ketones is 1. The molecule has 3 aromatic carbocycles. The Bertz CT molecular complexity index is 1550. The van der Waals surface area contributed by atoms with Crippen molar-refractivity contribution in [3.05, 3.63) is 99.8 Å². The summed E-state index contributed by atoms with van der Waals surface area (Å²) in [4.78, 5) is 54.5. The number of hydrogen-bond acceptors (Lipinski definition) is 7. The molecule has 39 heavy (non-hydrogen) atoms. The van der Waals surface area contributed by atoms with Crippen molar-refractivity contribution in [2.45, 2.75) is 18.6 Å². The number of fused-ring (bicyclic) bond motifs is 1. The van der Waals surface area contributed by atoms with Crippen molar-refractivity contribution in [2.75, 3.05) is 31.3 Å². The summed E-state index contributed by atoms with van der Waals surface area (Å²) in [5.41, 5.74) is 2.77. The minimum atomic E-state index is -0.270. The molecule has 0 saturated carbocycles. The molecule has 4 aromatic rings. The van der Waals surface area contributed by atoms with E-state index in [1.807, 2.05) is 0 Å². The third kappa shape index (κ3) is 7.18. The monoisotopic (exact) mass is 544 g/mol. The molecule has 2 amide bonds. The first-order chi connectivity index (χ1) is 18.9. The second-order valence-electron chi connectivity index (χ2n) is 8.72. The number of carbonyl (C=O) groups is 3. The van der Waals surface area contributed by atoms with Gasteiger partial charge in [0.2, 0.25) is 5.91 Å². The summed E-state index contributed by atoms with van der Waals surface area (Å²) in [6.07, 6.45) is 0. The zero-order chi connectivity index (χ0) is 27.8. The van der Waals surface area contributed by atoms with Gasteiger partial charge in [-0.2, -0.15) is 0 Å². The highest BCUT2D eigenvalue weighted by Crippen LogP contribution is 2.20. The zero-order valence-corrected chi connectivity index (χ0v) is 22.4. The van der Waals surface area contributed by atoms with E-state index in [0.717, 1.165) is 17.3 Å². The van der Waals surface area contributed by atoms with Crippen LogP contribution in [0.2, 0.25) is 0 Å². The maximum Gasteiger partial charge on any atom is 0.262 e. The van der Waals surface area contributed by atoms with E-state index >= 15 is 0 Å². The number of aromatic nitrogens is 2. The summed E-state index contributed by atoms with van der Waals surface area (Å²) in [6, 6.07) is 20.7. The standard InChI is InChI=1S/C29H28N4O5S/c1-19(34)21-11-13-23(14-12-21)31-26(35)18-39-29-32-25-6-4-3-5-24(25)28(37)33(29)17-20-7-9-22(10-8-20)27(36)30-15-16-38-2/h3-14H,15-18H2,1-2H3,(H,30,36)(H,31,35). The van der Waals surface area contributed by atoms with Crippen molar-refractivity contribution >= 4 is 45.9 Å². The van der Waals surface area contributed by atoms with Gasteiger partial charge in [-0.3, -0.25) is 23.7 Å². The van der Waals surface area contributed by atoms with Crippen LogP contribution in [-0.2, 0) is 16.1 Å². The Balaban J connectivity index is 1.51. The van der Waals surface area contributed by atoms with E-state index in [2.05, 4.69) is 15.6 Å². The van der Waals surface area contributed by atoms with Crippen molar-refractivity contribution < 1.29 is 19.1 Å². The summed E-state index contributed by atoms with van der Waals surface area (Å²) in [6.45, 7) is 2.54. The lowest BCUT2D eigenvalue weighted by molar-refractivity contribution is -0.113. The fraction of sp³-hybridized carbons (Fsp3) is 0.207. The van der Waals surface area contributed by atoms with E-state index in [9.17, 15) is 19.2 Å². The van der Waals surface area contributed by atoms with Crippen LogP contribution in [0.1, 0.15) is 33.2 Å². The van der Waals surface area contributed by atoms with Crippen LogP contribution in [0.15, 0.2) is 82.7 Å². The molecule has 200 valence electrons. The number of nitrogens with zero attached hydrogens (tertiary/aromatic N) is 2. The van der Waals surface area contributed by atoms with Gasteiger partial charge in [-0.25, -0.2) is 4.98 Å². The molecule has 0 aliphatic carbocycles. The number of rotatable bonds is 11. The van der Waals surface area contributed by atoms with Crippen LogP contribution in [0.5, 0.6) is 0 Å². The van der Waals surface area contributed by atoms with E-state index in [4.69, 9.17) is 4.74 Å². The van der Waals surface area contributed by atoms with Gasteiger partial charge in [0.1, 0.15) is 0 Å². The van der Waals surface area contributed by atoms with Crippen molar-refractivity contribution in [2.24, 2.45) is 0 Å². The highest BCUT2D eigenvalue weighted by Gasteiger charge is 2.15. The second kappa shape index (κ2) is 13.0. The molecule has 1 aromatic heterocycles. The molecule has 4 rings (SSSR count). The number of carbonyl (C=O) groups excluding carboxylic acids is 3. The topological polar surface area (TPSA) is 119 Å². The van der Waals surface area contributed by atoms with Crippen LogP contribution < -0.4 is 16.2 Å². The summed E-state index contributed by atoms with van der Waals surface area (Å²) < 4.78 is 6.49. The molecule has 2 N–H and O–H groups in total. The minimum absolute atomic E-state index is 0.0276. The van der Waals surface area contributed by atoms with E-state index in [-0.39, 0.29) is 35.5 Å². The first-order valence-corrected chi connectivity index (χ1v) is 13.2. The number of methoxy groups -OCH3 is 1. The molecule has 10 heteroatoms. The Hall–Kier alpha value is -4.28. The smallest absolute Gasteiger partial charge is 0.262 e. The summed E-state index contributed by atoms with van der Waals surface area (Å²) in [5, 5.41) is 6.46. The molecular weight excluding hydrogens is 516 g/mol. The Kier molecular flexibility index (Phi) is 9.24. The second-order valence-corrected chi connectivity index (χ2v) is 9.66. The summed E-state index contributed by atoms with van der Waals surface area (Å²) >= 11 is 1.16. The number of thioether (sulfide) groups is 1. The van der Waals surface area contributed by atoms with Gasteiger partial charge in [0.15, 0.2) is 10.9 Å². The van der Waals surface area contributed by atoms with Crippen molar-refractivity contribution in [1.82, 2.24) is 14.9 Å². The molecule has 0 aliphatic heterocycles. The SMILES string of the molecule is COCCNC(=O)c1ccc(Cn2c(SCC(=O)Nc3ccc(C(C)=O)cc3)nc3ccccc3c2=O)cc1. The molecule has 0 unspecified atom stereocenters. The number of para-hydroxylation sites is 1. The van der Waals surface area contributed by atoms with Gasteiger partial charge in [-0.1, -0.05) is 36.0 Å². The first-order valence-electron chi connectivity index (χ1n) is 12.2. The predicted octanol–water partition coefficient (Wildman–Crippen LogP) is 3.75. The Morgan fingerprint density at radius 1 is 0.949 bits per heavy atom. The Labute approximate surface area is 229 Å². The minimum Gasteiger partial charge on any atom is -0.383 e. The Morgan fingerprint density at radius 2 is 1.64 bits per heavy atom. The van der Waals surface area contributed by atoms with E-state index < -0.39 is 0 Å². The lowest BCUT2D eigenvalue weighted by Gasteiger charge is -2.14. The molecule has 0 radical (unpaired) electrons. The molecule has 0 bridgehead atoms. The molecule has 0 atom stereocenters. The summed E-state index contributed by atoms with van der Waals surface area (Å²) in [5.74, 6) is -0.502. The number of ether oxygens (including phenoxy) is 1. The number of nitrogens with one attached hydrogen (secondary N) is 2. The van der Waals surface area contributed by atoms with Crippen LogP contribution in [0.3, 0.4) is 0 Å². The van der Waals surface area contributed by atoms with Crippen molar-refractivity contribution in [3.63, 3.8) is 0 Å². The van der Waals surface area contributed by atoms with Gasteiger partial charge in [-0.05, 0) is 61.0 Å². The lowest BCUT2D eigenvalue weighted by atomic mass is 10.1. The van der Waals surface area contributed by atoms with E-state index in [1.54, 1.807) is 79.9 Å². The zero-order valence-electron chi connectivity index (χ0n) is 21.6. The number of Topliss-reactive ketones (excluding diaryl/α,β-unsaturated/α-hetero) is 1. The van der Waals surface area contributed by atoms with Gasteiger partial charge in [0, 0.05) is 30.5 Å². The highest BCUT2D eigenvalue weighted by molar-refractivity contribution is 7.99. The molecule has 9 nitrogen and oxygen atoms in total. The van der Waals surface area contributed by atoms with Gasteiger partial charge in [0.05, 0.1) is 29.8 Å². The van der Waals surface area contributed by atoms with Gasteiger partial charge in [0.25, 0.3) is 11.5 Å². The van der Waals surface area contributed by atoms with Crippen molar-refractivity contribution in [3.8, 4) is 0 Å². The largest absolute Gasteiger partial charge is 0.383 e. The normalized spacial score (nSPS) is 10.8. The fourth-order valence-corrected chi connectivity index (χ4v) is 4.62. The van der Waals surface area contributed by atoms with Crippen LogP contribution in [0, 0.1) is 0 Å². The average molecular weight is 545 g/mol. The molecule has 0 saturated heterocycles. The van der Waals surface area contributed by atoms with Crippen LogP contribution in [0.25, 0.3) is 10.9 Å². The van der Waals surface area contributed by atoms with Crippen molar-refractivity contribution in [1.29, 1.82) is 0 Å². The molecule has 0 fully saturated rings. The van der Waals surface area contributed by atoms with Gasteiger partial charge < -0.3 is 15.4 Å². The van der Waals surface area contributed by atoms with Gasteiger partial charge >= 0.3 is 0 Å². The fourth-order valence-electron chi connectivity index (χ4n) is 3.83. The van der Waals surface area contributed by atoms with Gasteiger partial charge in [-0.15, -0.1) is 0 Å². The number of anilines is 1. The third-order valence-electron chi connectivity index (χ3n) is 5.88. The molecular formula is C29H28N4O5S. The average Bonchev–Trinajstić information content (AvgIpc) is 2.94. The van der Waals surface area contributed by atoms with Crippen LogP contribution >= 0.6 is 11.8 Å². The number of benzene rings is 3. The third-order valence-corrected chi connectivity index (χ3v) is 6.86. The quantitative estimate of drug-likeness (QED) is 0.128. The Morgan fingerprint density at radius 3 is 2.33 bits per heavy atom. The first kappa shape index (κ1) is 27.7. The molecule has 0 spiro atoms. The lowest BCUT2D eigenvalue weighted by Crippen LogP contribution is -2.27.